The van der Waals surface area contributed by atoms with E-state index in [4.69, 9.17) is 0 Å². The molecule has 2 aromatic carbocycles. The van der Waals surface area contributed by atoms with Crippen molar-refractivity contribution >= 4 is 5.78 Å². The number of hydrogen-bond acceptors (Lipinski definition) is 3. The quantitative estimate of drug-likeness (QED) is 0.207. The number of aromatic hydroxyl groups is 1. The molecule has 0 fully saturated rings. The van der Waals surface area contributed by atoms with Crippen molar-refractivity contribution in [2.24, 2.45) is 0 Å². The molecule has 0 amide bonds. The van der Waals surface area contributed by atoms with Crippen molar-refractivity contribution in [2.75, 3.05) is 0 Å². The zero-order valence-electron chi connectivity index (χ0n) is 14.3. The molecule has 1 N–H and O–H groups in total. The van der Waals surface area contributed by atoms with Crippen molar-refractivity contribution in [3.8, 4) is 11.6 Å². The molecule has 4 nitrogen and oxygen atoms in total. The second-order valence-corrected chi connectivity index (χ2v) is 5.60. The van der Waals surface area contributed by atoms with Gasteiger partial charge in [0.05, 0.1) is 5.69 Å². The summed E-state index contributed by atoms with van der Waals surface area (Å²) < 4.78 is 94.5. The fourth-order valence-electron chi connectivity index (χ4n) is 2.51. The maximum Gasteiger partial charge on any atom is 0.226 e. The molecular formula is C17H7F7N2O2Zn. The summed E-state index contributed by atoms with van der Waals surface area (Å²) in [6.45, 7) is 1.07. The molecule has 0 bridgehead atoms. The predicted molar refractivity (Wildman–Crippen MR) is 79.5 cm³/mol. The fraction of sp³-hybridized carbons (Fsp3) is 0.0588. The number of aromatic nitrogens is 2. The molecule has 0 atom stereocenters. The summed E-state index contributed by atoms with van der Waals surface area (Å²) >= 11 is 0. The van der Waals surface area contributed by atoms with Crippen LogP contribution in [-0.2, 0) is 19.5 Å². The van der Waals surface area contributed by atoms with Gasteiger partial charge in [-0.1, -0.05) is 0 Å². The second kappa shape index (κ2) is 7.94. The van der Waals surface area contributed by atoms with Gasteiger partial charge in [-0.2, -0.15) is 9.78 Å². The molecule has 0 aliphatic rings. The molecule has 0 unspecified atom stereocenters. The Labute approximate surface area is 170 Å². The van der Waals surface area contributed by atoms with E-state index < -0.39 is 74.9 Å². The van der Waals surface area contributed by atoms with Gasteiger partial charge >= 0.3 is 0 Å². The van der Waals surface area contributed by atoms with Gasteiger partial charge in [0, 0.05) is 31.1 Å². The van der Waals surface area contributed by atoms with E-state index in [2.05, 4.69) is 5.10 Å². The van der Waals surface area contributed by atoms with Gasteiger partial charge in [0.15, 0.2) is 40.7 Å². The van der Waals surface area contributed by atoms with Gasteiger partial charge in [0.1, 0.15) is 11.3 Å². The fourth-order valence-corrected chi connectivity index (χ4v) is 2.51. The van der Waals surface area contributed by atoms with Crippen LogP contribution in [-0.4, -0.2) is 20.7 Å². The monoisotopic (exact) mass is 468 g/mol. The maximum atomic E-state index is 13.9. The van der Waals surface area contributed by atoms with Crippen LogP contribution in [0.3, 0.4) is 0 Å². The van der Waals surface area contributed by atoms with Crippen LogP contribution >= 0.6 is 0 Å². The minimum atomic E-state index is -1.91. The van der Waals surface area contributed by atoms with Crippen LogP contribution in [0.4, 0.5) is 30.7 Å². The Morgan fingerprint density at radius 3 is 1.79 bits per heavy atom. The minimum absolute atomic E-state index is 0. The normalized spacial score (nSPS) is 10.8. The molecule has 12 heteroatoms. The number of nitrogens with zero attached hydrogens (tertiary/aromatic N) is 2. The molecule has 3 rings (SSSR count). The second-order valence-electron chi connectivity index (χ2n) is 5.60. The van der Waals surface area contributed by atoms with Gasteiger partial charge in [0.2, 0.25) is 11.7 Å². The Bertz CT molecular complexity index is 1100. The smallest absolute Gasteiger partial charge is 0.226 e. The van der Waals surface area contributed by atoms with Crippen molar-refractivity contribution < 1.29 is 60.1 Å². The van der Waals surface area contributed by atoms with Crippen LogP contribution in [0.5, 0.6) is 5.88 Å². The molecule has 0 aliphatic heterocycles. The third kappa shape index (κ3) is 3.64. The standard InChI is InChI=1S/C17H7F7N2O2.Zn/c1-5-11(16(27)6-2-7(18)12(22)8(19)3-6)17(28)26(25-5)15-13(23)9(20)4-10(21)14(15)24;/h2-4,28H,1H3;. The predicted octanol–water partition coefficient (Wildman–Crippen LogP) is 4.09. The van der Waals surface area contributed by atoms with Gasteiger partial charge in [-0.05, 0) is 19.1 Å². The zero-order valence-corrected chi connectivity index (χ0v) is 17.3. The number of rotatable bonds is 3. The van der Waals surface area contributed by atoms with Crippen LogP contribution < -0.4 is 0 Å². The molecule has 0 saturated heterocycles. The van der Waals surface area contributed by atoms with Gasteiger partial charge in [-0.25, -0.2) is 30.7 Å². The van der Waals surface area contributed by atoms with Crippen molar-refractivity contribution in [2.45, 2.75) is 6.92 Å². The molecule has 0 spiro atoms. The number of ketones is 1. The van der Waals surface area contributed by atoms with E-state index in [0.29, 0.717) is 12.1 Å². The number of halogens is 7. The number of carbonyl (C=O) groups is 1. The van der Waals surface area contributed by atoms with E-state index >= 15 is 0 Å². The summed E-state index contributed by atoms with van der Waals surface area (Å²) in [5, 5.41) is 13.6. The molecule has 3 aromatic rings. The Morgan fingerprint density at radius 2 is 1.31 bits per heavy atom. The Hall–Kier alpha value is -2.75. The van der Waals surface area contributed by atoms with Crippen molar-refractivity contribution in [3.63, 3.8) is 0 Å². The van der Waals surface area contributed by atoms with E-state index in [1.165, 1.54) is 0 Å². The summed E-state index contributed by atoms with van der Waals surface area (Å²) in [6.07, 6.45) is 0. The summed E-state index contributed by atoms with van der Waals surface area (Å²) in [5.41, 5.74) is -3.36. The van der Waals surface area contributed by atoms with Gasteiger partial charge in [-0.3, -0.25) is 4.79 Å². The summed E-state index contributed by atoms with van der Waals surface area (Å²) in [5.74, 6) is -15.2. The number of aryl methyl sites for hydroxylation is 1. The maximum absolute atomic E-state index is 13.9. The molecule has 0 saturated carbocycles. The van der Waals surface area contributed by atoms with E-state index in [0.717, 1.165) is 6.92 Å². The molecule has 1 aromatic heterocycles. The first kappa shape index (κ1) is 22.5. The average molecular weight is 470 g/mol. The molecular weight excluding hydrogens is 463 g/mol. The average Bonchev–Trinajstić information content (AvgIpc) is 2.91. The SMILES string of the molecule is Cc1nn(-c2c(F)c(F)cc(F)c2F)c(O)c1C(=O)c1cc(F)c(F)c(F)c1.[Zn]. The Morgan fingerprint density at radius 1 is 0.862 bits per heavy atom. The molecule has 148 valence electrons. The van der Waals surface area contributed by atoms with Gasteiger partial charge < -0.3 is 5.11 Å². The van der Waals surface area contributed by atoms with Crippen molar-refractivity contribution in [3.05, 3.63) is 75.7 Å². The number of benzene rings is 2. The molecule has 0 aliphatic carbocycles. The third-order valence-corrected chi connectivity index (χ3v) is 3.81. The molecule has 1 heterocycles. The topological polar surface area (TPSA) is 55.1 Å². The summed E-state index contributed by atoms with van der Waals surface area (Å²) in [7, 11) is 0. The van der Waals surface area contributed by atoms with Crippen LogP contribution in [0.2, 0.25) is 0 Å². The first-order valence-corrected chi connectivity index (χ1v) is 7.35. The zero-order chi connectivity index (χ0) is 20.9. The van der Waals surface area contributed by atoms with Crippen molar-refractivity contribution in [1.29, 1.82) is 0 Å². The summed E-state index contributed by atoms with van der Waals surface area (Å²) in [4.78, 5) is 12.4. The Kier molecular flexibility index (Phi) is 6.17. The van der Waals surface area contributed by atoms with E-state index in [1.54, 1.807) is 0 Å². The van der Waals surface area contributed by atoms with Crippen LogP contribution in [0.15, 0.2) is 18.2 Å². The van der Waals surface area contributed by atoms with Gasteiger partial charge in [-0.15, -0.1) is 0 Å². The molecule has 29 heavy (non-hydrogen) atoms. The first-order valence-electron chi connectivity index (χ1n) is 7.35. The Balaban J connectivity index is 0.00000300. The third-order valence-electron chi connectivity index (χ3n) is 3.81. The largest absolute Gasteiger partial charge is 0.493 e. The van der Waals surface area contributed by atoms with E-state index in [-0.39, 0.29) is 30.2 Å². The van der Waals surface area contributed by atoms with E-state index in [9.17, 15) is 40.6 Å². The number of carbonyl (C=O) groups excluding carboxylic acids is 1. The van der Waals surface area contributed by atoms with Crippen LogP contribution in [0.1, 0.15) is 21.6 Å². The number of hydrogen-bond donors (Lipinski definition) is 1. The van der Waals surface area contributed by atoms with Crippen LogP contribution in [0, 0.1) is 47.6 Å². The first-order chi connectivity index (χ1) is 13.0. The van der Waals surface area contributed by atoms with E-state index in [1.807, 2.05) is 0 Å². The molecule has 0 radical (unpaired) electrons. The van der Waals surface area contributed by atoms with Gasteiger partial charge in [0.25, 0.3) is 0 Å². The van der Waals surface area contributed by atoms with Crippen LogP contribution in [0.25, 0.3) is 5.69 Å². The minimum Gasteiger partial charge on any atom is -0.493 e. The summed E-state index contributed by atoms with van der Waals surface area (Å²) in [6, 6.07) is 0.595. The van der Waals surface area contributed by atoms with Crippen molar-refractivity contribution in [1.82, 2.24) is 9.78 Å².